The maximum atomic E-state index is 5.78. The molecule has 0 atom stereocenters. The monoisotopic (exact) mass is 312 g/mol. The van der Waals surface area contributed by atoms with E-state index in [1.807, 2.05) is 44.3 Å². The normalized spacial score (nSPS) is 10.5. The average Bonchev–Trinajstić information content (AvgIpc) is 2.89. The lowest BCUT2D eigenvalue weighted by atomic mass is 10.3. The van der Waals surface area contributed by atoms with E-state index in [9.17, 15) is 0 Å². The molecule has 0 fully saturated rings. The molecule has 0 amide bonds. The van der Waals surface area contributed by atoms with Gasteiger partial charge in [-0.3, -0.25) is 0 Å². The predicted octanol–water partition coefficient (Wildman–Crippen LogP) is 3.28. The number of hydrogen-bond donors (Lipinski definition) is 3. The largest absolute Gasteiger partial charge is 0.399 e. The van der Waals surface area contributed by atoms with E-state index in [-0.39, 0.29) is 0 Å². The number of aromatic nitrogens is 3. The topological polar surface area (TPSA) is 88.8 Å². The molecule has 0 bridgehead atoms. The van der Waals surface area contributed by atoms with E-state index in [1.54, 1.807) is 17.5 Å². The van der Waals surface area contributed by atoms with Crippen molar-refractivity contribution >= 4 is 33.8 Å². The molecule has 0 aliphatic heterocycles. The number of thiazole rings is 1. The van der Waals surface area contributed by atoms with Crippen LogP contribution in [0.4, 0.5) is 22.5 Å². The zero-order valence-electron chi connectivity index (χ0n) is 12.3. The molecule has 2 aromatic heterocycles. The minimum Gasteiger partial charge on any atom is -0.399 e. The van der Waals surface area contributed by atoms with Crippen molar-refractivity contribution in [2.24, 2.45) is 0 Å². The Bertz CT molecular complexity index is 798. The number of nitrogens with zero attached hydrogens (tertiary/aromatic N) is 3. The summed E-state index contributed by atoms with van der Waals surface area (Å²) in [5.41, 5.74) is 9.12. The molecule has 7 heteroatoms. The lowest BCUT2D eigenvalue weighted by molar-refractivity contribution is 1.16. The summed E-state index contributed by atoms with van der Waals surface area (Å²) in [7, 11) is 1.86. The van der Waals surface area contributed by atoms with Crippen LogP contribution in [-0.2, 0) is 0 Å². The highest BCUT2D eigenvalue weighted by Gasteiger charge is 2.11. The van der Waals surface area contributed by atoms with Gasteiger partial charge in [-0.2, -0.15) is 0 Å². The van der Waals surface area contributed by atoms with E-state index >= 15 is 0 Å². The fraction of sp³-hybridized carbons (Fsp3) is 0.133. The van der Waals surface area contributed by atoms with E-state index in [1.165, 1.54) is 0 Å². The van der Waals surface area contributed by atoms with Gasteiger partial charge in [-0.05, 0) is 31.2 Å². The van der Waals surface area contributed by atoms with Crippen molar-refractivity contribution in [2.45, 2.75) is 6.92 Å². The maximum Gasteiger partial charge on any atom is 0.227 e. The first kappa shape index (κ1) is 14.3. The van der Waals surface area contributed by atoms with Crippen LogP contribution in [0, 0.1) is 6.92 Å². The molecule has 22 heavy (non-hydrogen) atoms. The van der Waals surface area contributed by atoms with Crippen LogP contribution < -0.4 is 16.4 Å². The smallest absolute Gasteiger partial charge is 0.227 e. The summed E-state index contributed by atoms with van der Waals surface area (Å²) in [4.78, 5) is 14.3. The highest BCUT2D eigenvalue weighted by molar-refractivity contribution is 7.19. The van der Waals surface area contributed by atoms with Crippen LogP contribution in [0.15, 0.2) is 36.5 Å². The number of hydrogen-bond acceptors (Lipinski definition) is 7. The summed E-state index contributed by atoms with van der Waals surface area (Å²) in [6.45, 7) is 1.97. The van der Waals surface area contributed by atoms with Crippen molar-refractivity contribution in [3.05, 3.63) is 42.2 Å². The fourth-order valence-corrected chi connectivity index (χ4v) is 2.92. The van der Waals surface area contributed by atoms with Crippen LogP contribution in [0.1, 0.15) is 5.69 Å². The Kier molecular flexibility index (Phi) is 3.88. The van der Waals surface area contributed by atoms with Crippen LogP contribution >= 0.6 is 11.3 Å². The molecule has 112 valence electrons. The molecular weight excluding hydrogens is 296 g/mol. The minimum absolute atomic E-state index is 0.530. The Labute approximate surface area is 132 Å². The molecule has 0 radical (unpaired) electrons. The molecule has 2 heterocycles. The Morgan fingerprint density at radius 1 is 1.18 bits per heavy atom. The van der Waals surface area contributed by atoms with Gasteiger partial charge in [0.05, 0.1) is 16.3 Å². The van der Waals surface area contributed by atoms with E-state index in [2.05, 4.69) is 25.6 Å². The molecule has 0 unspecified atom stereocenters. The Morgan fingerprint density at radius 3 is 2.77 bits per heavy atom. The van der Waals surface area contributed by atoms with Crippen LogP contribution in [0.25, 0.3) is 10.6 Å². The van der Waals surface area contributed by atoms with Crippen molar-refractivity contribution < 1.29 is 0 Å². The minimum atomic E-state index is 0.530. The summed E-state index contributed by atoms with van der Waals surface area (Å²) in [5, 5.41) is 7.09. The number of anilines is 4. The molecule has 1 aromatic carbocycles. The molecular formula is C15H16N6S. The van der Waals surface area contributed by atoms with Gasteiger partial charge in [0.15, 0.2) is 5.13 Å². The number of benzene rings is 1. The van der Waals surface area contributed by atoms with E-state index in [0.29, 0.717) is 11.6 Å². The van der Waals surface area contributed by atoms with Gasteiger partial charge in [-0.1, -0.05) is 17.4 Å². The Hall–Kier alpha value is -2.67. The van der Waals surface area contributed by atoms with Gasteiger partial charge >= 0.3 is 0 Å². The second-order valence-corrected chi connectivity index (χ2v) is 5.70. The quantitative estimate of drug-likeness (QED) is 0.641. The highest BCUT2D eigenvalue weighted by Crippen LogP contribution is 2.31. The number of nitrogens with one attached hydrogen (secondary N) is 2. The molecule has 3 rings (SSSR count). The van der Waals surface area contributed by atoms with E-state index in [4.69, 9.17) is 5.73 Å². The number of aryl methyl sites for hydroxylation is 1. The van der Waals surface area contributed by atoms with Crippen molar-refractivity contribution in [3.8, 4) is 10.6 Å². The predicted molar refractivity (Wildman–Crippen MR) is 91.6 cm³/mol. The first-order valence-corrected chi connectivity index (χ1v) is 7.58. The van der Waals surface area contributed by atoms with Crippen LogP contribution in [0.3, 0.4) is 0 Å². The zero-order valence-corrected chi connectivity index (χ0v) is 13.1. The summed E-state index contributed by atoms with van der Waals surface area (Å²) in [6, 6.07) is 9.36. The third-order valence-corrected chi connectivity index (χ3v) is 4.24. The SMILES string of the molecule is CNc1nc(C)c(-c2ccnc(Nc3cccc(N)c3)n2)s1. The Morgan fingerprint density at radius 2 is 2.05 bits per heavy atom. The lowest BCUT2D eigenvalue weighted by Gasteiger charge is -2.06. The molecule has 4 N–H and O–H groups in total. The summed E-state index contributed by atoms with van der Waals surface area (Å²) < 4.78 is 0. The molecule has 3 aromatic rings. The first-order chi connectivity index (χ1) is 10.7. The highest BCUT2D eigenvalue weighted by atomic mass is 32.1. The second-order valence-electron chi connectivity index (χ2n) is 4.70. The first-order valence-electron chi connectivity index (χ1n) is 6.77. The van der Waals surface area contributed by atoms with Crippen molar-refractivity contribution in [1.29, 1.82) is 0 Å². The van der Waals surface area contributed by atoms with Gasteiger partial charge in [-0.25, -0.2) is 15.0 Å². The van der Waals surface area contributed by atoms with Crippen molar-refractivity contribution in [2.75, 3.05) is 23.4 Å². The van der Waals surface area contributed by atoms with Gasteiger partial charge in [-0.15, -0.1) is 0 Å². The molecule has 0 aliphatic rings. The second kappa shape index (κ2) is 5.98. The fourth-order valence-electron chi connectivity index (χ4n) is 2.03. The Balaban J connectivity index is 1.90. The van der Waals surface area contributed by atoms with E-state index in [0.717, 1.165) is 27.1 Å². The number of nitrogens with two attached hydrogens (primary N) is 1. The van der Waals surface area contributed by atoms with E-state index < -0.39 is 0 Å². The maximum absolute atomic E-state index is 5.78. The molecule has 6 nitrogen and oxygen atoms in total. The number of nitrogen functional groups attached to an aromatic ring is 1. The van der Waals surface area contributed by atoms with Crippen LogP contribution in [-0.4, -0.2) is 22.0 Å². The number of rotatable bonds is 4. The third-order valence-electron chi connectivity index (χ3n) is 3.04. The van der Waals surface area contributed by atoms with Crippen LogP contribution in [0.2, 0.25) is 0 Å². The standard InChI is InChI=1S/C15H16N6S/c1-9-13(22-15(17-2)19-9)12-6-7-18-14(21-12)20-11-5-3-4-10(16)8-11/h3-8H,16H2,1-2H3,(H,17,19)(H,18,20,21). The summed E-state index contributed by atoms with van der Waals surface area (Å²) >= 11 is 1.57. The third kappa shape index (κ3) is 2.99. The molecule has 0 saturated heterocycles. The average molecular weight is 312 g/mol. The van der Waals surface area contributed by atoms with Crippen molar-refractivity contribution in [3.63, 3.8) is 0 Å². The van der Waals surface area contributed by atoms with Gasteiger partial charge in [0, 0.05) is 24.6 Å². The van der Waals surface area contributed by atoms with Gasteiger partial charge in [0.2, 0.25) is 5.95 Å². The lowest BCUT2D eigenvalue weighted by Crippen LogP contribution is -1.98. The summed E-state index contributed by atoms with van der Waals surface area (Å²) in [5.74, 6) is 0.530. The van der Waals surface area contributed by atoms with Crippen molar-refractivity contribution in [1.82, 2.24) is 15.0 Å². The van der Waals surface area contributed by atoms with Gasteiger partial charge in [0.25, 0.3) is 0 Å². The summed E-state index contributed by atoms with van der Waals surface area (Å²) in [6.07, 6.45) is 1.73. The van der Waals surface area contributed by atoms with Gasteiger partial charge in [0.1, 0.15) is 0 Å². The zero-order chi connectivity index (χ0) is 15.5. The van der Waals surface area contributed by atoms with Gasteiger partial charge < -0.3 is 16.4 Å². The molecule has 0 saturated carbocycles. The molecule has 0 aliphatic carbocycles. The van der Waals surface area contributed by atoms with Crippen LogP contribution in [0.5, 0.6) is 0 Å². The molecule has 0 spiro atoms.